The van der Waals surface area contributed by atoms with Crippen molar-refractivity contribution in [2.75, 3.05) is 11.4 Å². The number of hydrogen-bond acceptors (Lipinski definition) is 4. The second-order valence-corrected chi connectivity index (χ2v) is 8.73. The summed E-state index contributed by atoms with van der Waals surface area (Å²) in [6.45, 7) is 2.27. The van der Waals surface area contributed by atoms with Crippen LogP contribution in [0.3, 0.4) is 0 Å². The highest BCUT2D eigenvalue weighted by atomic mass is 79.9. The van der Waals surface area contributed by atoms with Crippen LogP contribution < -0.4 is 4.90 Å². The van der Waals surface area contributed by atoms with E-state index in [9.17, 15) is 9.59 Å². The molecule has 1 aromatic carbocycles. The van der Waals surface area contributed by atoms with Crippen LogP contribution in [0.1, 0.15) is 28.6 Å². The van der Waals surface area contributed by atoms with Crippen molar-refractivity contribution in [3.05, 3.63) is 49.0 Å². The molecule has 24 heavy (non-hydrogen) atoms. The predicted molar refractivity (Wildman–Crippen MR) is 102 cm³/mol. The number of carbonyl (C=O) groups is 2. The second kappa shape index (κ2) is 7.37. The van der Waals surface area contributed by atoms with Gasteiger partial charge in [0.1, 0.15) is 4.88 Å². The van der Waals surface area contributed by atoms with Crippen molar-refractivity contribution in [2.45, 2.75) is 25.9 Å². The van der Waals surface area contributed by atoms with Gasteiger partial charge in [-0.05, 0) is 69.3 Å². The van der Waals surface area contributed by atoms with E-state index in [1.54, 1.807) is 17.9 Å². The molecule has 0 saturated carbocycles. The van der Waals surface area contributed by atoms with Gasteiger partial charge >= 0.3 is 5.97 Å². The van der Waals surface area contributed by atoms with E-state index in [0.717, 1.165) is 32.4 Å². The number of nitrogens with zero attached hydrogens (tertiary/aromatic N) is 1. The molecule has 0 saturated heterocycles. The van der Waals surface area contributed by atoms with E-state index in [4.69, 9.17) is 4.74 Å². The molecule has 1 aliphatic rings. The topological polar surface area (TPSA) is 46.6 Å². The van der Waals surface area contributed by atoms with Gasteiger partial charge in [-0.3, -0.25) is 4.79 Å². The number of halogens is 2. The Morgan fingerprint density at radius 3 is 2.75 bits per heavy atom. The number of para-hydroxylation sites is 1. The molecule has 126 valence electrons. The first-order valence-corrected chi connectivity index (χ1v) is 9.92. The minimum Gasteiger partial charge on any atom is -0.448 e. The molecule has 0 spiro atoms. The van der Waals surface area contributed by atoms with E-state index in [1.807, 2.05) is 24.3 Å². The third-order valence-corrected chi connectivity index (χ3v) is 7.09. The molecule has 7 heteroatoms. The fourth-order valence-corrected chi connectivity index (χ4v) is 4.62. The van der Waals surface area contributed by atoms with Gasteiger partial charge in [-0.1, -0.05) is 18.2 Å². The van der Waals surface area contributed by atoms with E-state index in [1.165, 1.54) is 11.3 Å². The highest BCUT2D eigenvalue weighted by molar-refractivity contribution is 9.13. The van der Waals surface area contributed by atoms with Gasteiger partial charge in [-0.15, -0.1) is 11.3 Å². The molecule has 0 N–H and O–H groups in total. The molecular weight excluding hydrogens is 458 g/mol. The monoisotopic (exact) mass is 471 g/mol. The van der Waals surface area contributed by atoms with Gasteiger partial charge in [0.25, 0.3) is 5.91 Å². The van der Waals surface area contributed by atoms with Gasteiger partial charge in [0.15, 0.2) is 6.10 Å². The Labute approximate surface area is 161 Å². The summed E-state index contributed by atoms with van der Waals surface area (Å²) in [6.07, 6.45) is 1.04. The van der Waals surface area contributed by atoms with Crippen molar-refractivity contribution in [3.63, 3.8) is 0 Å². The summed E-state index contributed by atoms with van der Waals surface area (Å²) in [7, 11) is 0. The summed E-state index contributed by atoms with van der Waals surface area (Å²) >= 11 is 7.96. The molecule has 0 bridgehead atoms. The molecule has 1 amide bonds. The zero-order valence-electron chi connectivity index (χ0n) is 12.9. The van der Waals surface area contributed by atoms with Crippen LogP contribution in [0.25, 0.3) is 0 Å². The van der Waals surface area contributed by atoms with Crippen LogP contribution in [0, 0.1) is 0 Å². The molecule has 3 rings (SSSR count). The Balaban J connectivity index is 1.72. The van der Waals surface area contributed by atoms with Gasteiger partial charge in [0.05, 0.1) is 3.79 Å². The summed E-state index contributed by atoms with van der Waals surface area (Å²) in [5, 5.41) is 0. The van der Waals surface area contributed by atoms with E-state index < -0.39 is 12.1 Å². The Hall–Kier alpha value is -1.18. The molecule has 0 fully saturated rings. The molecule has 2 aromatic rings. The molecule has 0 aliphatic carbocycles. The van der Waals surface area contributed by atoms with Gasteiger partial charge in [0, 0.05) is 16.7 Å². The molecule has 0 radical (unpaired) electrons. The lowest BCUT2D eigenvalue weighted by Gasteiger charge is -2.31. The maximum absolute atomic E-state index is 12.7. The molecule has 2 heterocycles. The number of carbonyl (C=O) groups excluding carboxylic acids is 2. The normalized spacial score (nSPS) is 14.9. The van der Waals surface area contributed by atoms with E-state index >= 15 is 0 Å². The number of ether oxygens (including phenoxy) is 1. The summed E-state index contributed by atoms with van der Waals surface area (Å²) in [5.41, 5.74) is 2.07. The van der Waals surface area contributed by atoms with Crippen LogP contribution in [0.4, 0.5) is 5.69 Å². The van der Waals surface area contributed by atoms with Crippen LogP contribution in [0.5, 0.6) is 0 Å². The van der Waals surface area contributed by atoms with Crippen molar-refractivity contribution in [3.8, 4) is 0 Å². The van der Waals surface area contributed by atoms with E-state index in [-0.39, 0.29) is 5.91 Å². The third-order valence-electron chi connectivity index (χ3n) is 3.85. The van der Waals surface area contributed by atoms with Crippen LogP contribution in [-0.4, -0.2) is 24.5 Å². The van der Waals surface area contributed by atoms with Crippen molar-refractivity contribution in [1.82, 2.24) is 0 Å². The van der Waals surface area contributed by atoms with Crippen molar-refractivity contribution in [2.24, 2.45) is 0 Å². The highest BCUT2D eigenvalue weighted by Gasteiger charge is 2.29. The highest BCUT2D eigenvalue weighted by Crippen LogP contribution is 2.33. The lowest BCUT2D eigenvalue weighted by molar-refractivity contribution is -0.126. The number of aryl methyl sites for hydroxylation is 1. The van der Waals surface area contributed by atoms with Crippen LogP contribution in [0.2, 0.25) is 0 Å². The smallest absolute Gasteiger partial charge is 0.349 e. The van der Waals surface area contributed by atoms with Gasteiger partial charge in [0.2, 0.25) is 0 Å². The SMILES string of the molecule is C[C@@H](OC(=O)c1cc(Br)c(Br)s1)C(=O)N1CCCc2ccccc21. The van der Waals surface area contributed by atoms with Crippen molar-refractivity contribution >= 4 is 60.8 Å². The van der Waals surface area contributed by atoms with Crippen LogP contribution in [0.15, 0.2) is 38.6 Å². The minimum absolute atomic E-state index is 0.190. The molecule has 1 aliphatic heterocycles. The van der Waals surface area contributed by atoms with E-state index in [0.29, 0.717) is 11.4 Å². The average Bonchev–Trinajstić information content (AvgIpc) is 2.93. The second-order valence-electron chi connectivity index (χ2n) is 5.50. The summed E-state index contributed by atoms with van der Waals surface area (Å²) in [4.78, 5) is 27.1. The fraction of sp³-hybridized carbons (Fsp3) is 0.294. The van der Waals surface area contributed by atoms with Crippen LogP contribution in [-0.2, 0) is 16.0 Å². The van der Waals surface area contributed by atoms with E-state index in [2.05, 4.69) is 31.9 Å². The Kier molecular flexibility index (Phi) is 5.42. The maximum atomic E-state index is 12.7. The standard InChI is InChI=1S/C17H15Br2NO3S/c1-10(23-17(22)14-9-12(18)15(19)24-14)16(21)20-8-4-6-11-5-2-3-7-13(11)20/h2-3,5,7,9-10H,4,6,8H2,1H3/t10-/m1/s1. The first-order valence-electron chi connectivity index (χ1n) is 7.52. The lowest BCUT2D eigenvalue weighted by atomic mass is 10.0. The molecule has 0 unspecified atom stereocenters. The number of amides is 1. The molecule has 1 aromatic heterocycles. The molecule has 1 atom stereocenters. The third kappa shape index (κ3) is 3.58. The number of rotatable bonds is 3. The minimum atomic E-state index is -0.830. The van der Waals surface area contributed by atoms with Crippen LogP contribution >= 0.6 is 43.2 Å². The molecular formula is C17H15Br2NO3S. The number of hydrogen-bond donors (Lipinski definition) is 0. The maximum Gasteiger partial charge on any atom is 0.349 e. The zero-order chi connectivity index (χ0) is 17.3. The van der Waals surface area contributed by atoms with Crippen molar-refractivity contribution in [1.29, 1.82) is 0 Å². The quantitative estimate of drug-likeness (QED) is 0.603. The molecule has 4 nitrogen and oxygen atoms in total. The fourth-order valence-electron chi connectivity index (χ4n) is 2.70. The van der Waals surface area contributed by atoms with Crippen molar-refractivity contribution < 1.29 is 14.3 Å². The first-order chi connectivity index (χ1) is 11.5. The summed E-state index contributed by atoms with van der Waals surface area (Å²) < 4.78 is 6.99. The number of anilines is 1. The van der Waals surface area contributed by atoms with Gasteiger partial charge in [-0.25, -0.2) is 4.79 Å². The Bertz CT molecular complexity index is 770. The number of benzene rings is 1. The number of thiophene rings is 1. The largest absolute Gasteiger partial charge is 0.448 e. The summed E-state index contributed by atoms with van der Waals surface area (Å²) in [5.74, 6) is -0.678. The number of esters is 1. The van der Waals surface area contributed by atoms with Gasteiger partial charge in [-0.2, -0.15) is 0 Å². The Morgan fingerprint density at radius 2 is 2.04 bits per heavy atom. The number of fused-ring (bicyclic) bond motifs is 1. The zero-order valence-corrected chi connectivity index (χ0v) is 16.9. The lowest BCUT2D eigenvalue weighted by Crippen LogP contribution is -2.42. The Morgan fingerprint density at radius 1 is 1.29 bits per heavy atom. The first kappa shape index (κ1) is 17.6. The van der Waals surface area contributed by atoms with Gasteiger partial charge < -0.3 is 9.64 Å². The summed E-state index contributed by atoms with van der Waals surface area (Å²) in [6, 6.07) is 9.55. The average molecular weight is 473 g/mol. The predicted octanol–water partition coefficient (Wildman–Crippen LogP) is 4.80.